The molecule has 3 heteroatoms. The van der Waals surface area contributed by atoms with Gasteiger partial charge in [0.2, 0.25) is 0 Å². The molecule has 12 heavy (non-hydrogen) atoms. The third kappa shape index (κ3) is 1.61. The van der Waals surface area contributed by atoms with Crippen molar-refractivity contribution >= 4 is 5.91 Å². The molecule has 0 unspecified atom stereocenters. The fourth-order valence-corrected chi connectivity index (χ4v) is 1.74. The van der Waals surface area contributed by atoms with E-state index in [0.29, 0.717) is 0 Å². The van der Waals surface area contributed by atoms with Gasteiger partial charge in [-0.15, -0.1) is 0 Å². The van der Waals surface area contributed by atoms with E-state index in [1.807, 2.05) is 13.8 Å². The first kappa shape index (κ1) is 9.52. The highest BCUT2D eigenvalue weighted by Gasteiger charge is 2.36. The van der Waals surface area contributed by atoms with Gasteiger partial charge in [-0.3, -0.25) is 4.79 Å². The molecule has 1 saturated heterocycles. The lowest BCUT2D eigenvalue weighted by atomic mass is 10.0. The van der Waals surface area contributed by atoms with Crippen LogP contribution in [0.15, 0.2) is 0 Å². The second kappa shape index (κ2) is 3.05. The van der Waals surface area contributed by atoms with Crippen LogP contribution in [-0.4, -0.2) is 34.1 Å². The molecule has 1 fully saturated rings. The minimum atomic E-state index is -0.859. The molecule has 70 valence electrons. The monoisotopic (exact) mass is 171 g/mol. The standard InChI is InChI=1S/C9H17NO2/c1-7(11)8(12)10-6-4-5-9(10,2)3/h7,11H,4-6H2,1-3H3/t7-/m0/s1. The topological polar surface area (TPSA) is 40.5 Å². The first-order valence-electron chi connectivity index (χ1n) is 4.45. The number of aliphatic hydroxyl groups is 1. The van der Waals surface area contributed by atoms with E-state index >= 15 is 0 Å². The van der Waals surface area contributed by atoms with E-state index in [-0.39, 0.29) is 11.4 Å². The van der Waals surface area contributed by atoms with Crippen LogP contribution in [-0.2, 0) is 4.79 Å². The predicted molar refractivity (Wildman–Crippen MR) is 46.7 cm³/mol. The van der Waals surface area contributed by atoms with Gasteiger partial charge in [-0.2, -0.15) is 0 Å². The quantitative estimate of drug-likeness (QED) is 0.633. The van der Waals surface area contributed by atoms with Crippen molar-refractivity contribution in [3.63, 3.8) is 0 Å². The van der Waals surface area contributed by atoms with Crippen LogP contribution in [0.4, 0.5) is 0 Å². The molecular formula is C9H17NO2. The molecule has 0 aromatic carbocycles. The minimum Gasteiger partial charge on any atom is -0.384 e. The van der Waals surface area contributed by atoms with Crippen molar-refractivity contribution in [2.24, 2.45) is 0 Å². The van der Waals surface area contributed by atoms with E-state index in [9.17, 15) is 4.79 Å². The van der Waals surface area contributed by atoms with Gasteiger partial charge in [0.1, 0.15) is 6.10 Å². The van der Waals surface area contributed by atoms with Crippen LogP contribution < -0.4 is 0 Å². The summed E-state index contributed by atoms with van der Waals surface area (Å²) < 4.78 is 0. The minimum absolute atomic E-state index is 0.0614. The average Bonchev–Trinajstić information content (AvgIpc) is 2.27. The van der Waals surface area contributed by atoms with Gasteiger partial charge in [-0.1, -0.05) is 0 Å². The zero-order valence-electron chi connectivity index (χ0n) is 8.00. The smallest absolute Gasteiger partial charge is 0.251 e. The van der Waals surface area contributed by atoms with Crippen molar-refractivity contribution in [3.05, 3.63) is 0 Å². The van der Waals surface area contributed by atoms with Gasteiger partial charge in [0, 0.05) is 12.1 Å². The highest BCUT2D eigenvalue weighted by atomic mass is 16.3. The number of aliphatic hydroxyl groups excluding tert-OH is 1. The molecule has 1 heterocycles. The number of carbonyl (C=O) groups excluding carboxylic acids is 1. The number of nitrogens with zero attached hydrogens (tertiary/aromatic N) is 1. The summed E-state index contributed by atoms with van der Waals surface area (Å²) in [5, 5.41) is 9.12. The van der Waals surface area contributed by atoms with Gasteiger partial charge in [0.15, 0.2) is 0 Å². The third-order valence-corrected chi connectivity index (χ3v) is 2.52. The zero-order chi connectivity index (χ0) is 9.35. The predicted octanol–water partition coefficient (Wildman–Crippen LogP) is 0.768. The van der Waals surface area contributed by atoms with Crippen molar-refractivity contribution in [2.75, 3.05) is 6.54 Å². The molecule has 1 amide bonds. The molecule has 0 aromatic rings. The maximum absolute atomic E-state index is 11.4. The molecule has 0 bridgehead atoms. The van der Waals surface area contributed by atoms with Crippen LogP contribution >= 0.6 is 0 Å². The SMILES string of the molecule is C[C@H](O)C(=O)N1CCCC1(C)C. The molecule has 1 aliphatic rings. The van der Waals surface area contributed by atoms with Crippen molar-refractivity contribution in [2.45, 2.75) is 45.3 Å². The molecule has 1 N–H and O–H groups in total. The summed E-state index contributed by atoms with van der Waals surface area (Å²) in [6.07, 6.45) is 1.22. The van der Waals surface area contributed by atoms with Gasteiger partial charge in [-0.05, 0) is 33.6 Å². The van der Waals surface area contributed by atoms with Crippen molar-refractivity contribution < 1.29 is 9.90 Å². The normalized spacial score (nSPS) is 24.2. The highest BCUT2D eigenvalue weighted by Crippen LogP contribution is 2.28. The summed E-state index contributed by atoms with van der Waals surface area (Å²) in [5.74, 6) is -0.141. The molecule has 3 nitrogen and oxygen atoms in total. The largest absolute Gasteiger partial charge is 0.384 e. The maximum Gasteiger partial charge on any atom is 0.251 e. The first-order chi connectivity index (χ1) is 5.45. The van der Waals surface area contributed by atoms with E-state index in [4.69, 9.17) is 5.11 Å². The van der Waals surface area contributed by atoms with Crippen LogP contribution in [0.1, 0.15) is 33.6 Å². The van der Waals surface area contributed by atoms with Crippen LogP contribution in [0.5, 0.6) is 0 Å². The number of likely N-dealkylation sites (tertiary alicyclic amines) is 1. The summed E-state index contributed by atoms with van der Waals surface area (Å²) in [5.41, 5.74) is -0.0614. The summed E-state index contributed by atoms with van der Waals surface area (Å²) in [6.45, 7) is 6.40. The van der Waals surface area contributed by atoms with Crippen LogP contribution in [0.25, 0.3) is 0 Å². The van der Waals surface area contributed by atoms with Gasteiger partial charge in [0.05, 0.1) is 0 Å². The number of amides is 1. The zero-order valence-corrected chi connectivity index (χ0v) is 8.00. The lowest BCUT2D eigenvalue weighted by Gasteiger charge is -2.32. The molecule has 1 aliphatic heterocycles. The molecule has 0 radical (unpaired) electrons. The van der Waals surface area contributed by atoms with E-state index in [1.54, 1.807) is 4.90 Å². The Balaban J connectivity index is 2.69. The van der Waals surface area contributed by atoms with Crippen molar-refractivity contribution in [1.29, 1.82) is 0 Å². The van der Waals surface area contributed by atoms with Gasteiger partial charge in [-0.25, -0.2) is 0 Å². The fourth-order valence-electron chi connectivity index (χ4n) is 1.74. The number of carbonyl (C=O) groups is 1. The summed E-state index contributed by atoms with van der Waals surface area (Å²) in [7, 11) is 0. The Kier molecular flexibility index (Phi) is 2.42. The second-order valence-corrected chi connectivity index (χ2v) is 4.08. The Morgan fingerprint density at radius 1 is 1.58 bits per heavy atom. The molecule has 1 rings (SSSR count). The Labute approximate surface area is 73.4 Å². The summed E-state index contributed by atoms with van der Waals surface area (Å²) >= 11 is 0. The Bertz CT molecular complexity index is 187. The average molecular weight is 171 g/mol. The molecule has 0 aliphatic carbocycles. The second-order valence-electron chi connectivity index (χ2n) is 4.08. The molecular weight excluding hydrogens is 154 g/mol. The number of hydrogen-bond acceptors (Lipinski definition) is 2. The van der Waals surface area contributed by atoms with Crippen molar-refractivity contribution in [3.8, 4) is 0 Å². The lowest BCUT2D eigenvalue weighted by molar-refractivity contribution is -0.142. The molecule has 0 spiro atoms. The Morgan fingerprint density at radius 2 is 2.17 bits per heavy atom. The van der Waals surface area contributed by atoms with Crippen molar-refractivity contribution in [1.82, 2.24) is 4.90 Å². The molecule has 1 atom stereocenters. The van der Waals surface area contributed by atoms with Crippen LogP contribution in [0.2, 0.25) is 0 Å². The third-order valence-electron chi connectivity index (χ3n) is 2.52. The summed E-state index contributed by atoms with van der Waals surface area (Å²) in [6, 6.07) is 0. The first-order valence-corrected chi connectivity index (χ1v) is 4.45. The maximum atomic E-state index is 11.4. The van der Waals surface area contributed by atoms with Crippen LogP contribution in [0, 0.1) is 0 Å². The van der Waals surface area contributed by atoms with Gasteiger partial charge < -0.3 is 10.0 Å². The van der Waals surface area contributed by atoms with E-state index in [2.05, 4.69) is 0 Å². The highest BCUT2D eigenvalue weighted by molar-refractivity contribution is 5.81. The van der Waals surface area contributed by atoms with Crippen LogP contribution in [0.3, 0.4) is 0 Å². The molecule has 0 aromatic heterocycles. The lowest BCUT2D eigenvalue weighted by Crippen LogP contribution is -2.46. The number of hydrogen-bond donors (Lipinski definition) is 1. The Morgan fingerprint density at radius 3 is 2.50 bits per heavy atom. The van der Waals surface area contributed by atoms with E-state index in [0.717, 1.165) is 19.4 Å². The van der Waals surface area contributed by atoms with E-state index in [1.165, 1.54) is 6.92 Å². The fraction of sp³-hybridized carbons (Fsp3) is 0.889. The number of rotatable bonds is 1. The summed E-state index contributed by atoms with van der Waals surface area (Å²) in [4.78, 5) is 13.2. The van der Waals surface area contributed by atoms with Gasteiger partial charge >= 0.3 is 0 Å². The van der Waals surface area contributed by atoms with Gasteiger partial charge in [0.25, 0.3) is 5.91 Å². The van der Waals surface area contributed by atoms with E-state index < -0.39 is 6.10 Å². The Hall–Kier alpha value is -0.570. The molecule has 0 saturated carbocycles.